The Balaban J connectivity index is 2.05. The van der Waals surface area contributed by atoms with Crippen molar-refractivity contribution in [3.63, 3.8) is 0 Å². The number of aromatic nitrogens is 2. The molecule has 1 atom stereocenters. The Labute approximate surface area is 107 Å². The van der Waals surface area contributed by atoms with Crippen LogP contribution in [0.25, 0.3) is 0 Å². The first kappa shape index (κ1) is 12.8. The van der Waals surface area contributed by atoms with Gasteiger partial charge in [-0.05, 0) is 13.3 Å². The van der Waals surface area contributed by atoms with Gasteiger partial charge in [0.15, 0.2) is 0 Å². The van der Waals surface area contributed by atoms with Crippen LogP contribution in [0.3, 0.4) is 0 Å². The fraction of sp³-hybridized carbons (Fsp3) is 0.538. The van der Waals surface area contributed by atoms with E-state index in [4.69, 9.17) is 0 Å². The first-order chi connectivity index (χ1) is 8.72. The summed E-state index contributed by atoms with van der Waals surface area (Å²) in [5.74, 6) is 0.792. The fourth-order valence-corrected chi connectivity index (χ4v) is 1.96. The SMILES string of the molecule is CCCCn1ncc(C)c1NC(=O)C1C=CCN1. The smallest absolute Gasteiger partial charge is 0.246 e. The molecule has 0 saturated carbocycles. The van der Waals surface area contributed by atoms with E-state index < -0.39 is 0 Å². The second kappa shape index (κ2) is 5.82. The molecule has 2 rings (SSSR count). The van der Waals surface area contributed by atoms with Crippen molar-refractivity contribution in [1.82, 2.24) is 15.1 Å². The van der Waals surface area contributed by atoms with Crippen molar-refractivity contribution in [2.45, 2.75) is 39.3 Å². The summed E-state index contributed by atoms with van der Waals surface area (Å²) in [6, 6.07) is -0.223. The number of rotatable bonds is 5. The molecule has 0 aromatic carbocycles. The maximum Gasteiger partial charge on any atom is 0.246 e. The lowest BCUT2D eigenvalue weighted by molar-refractivity contribution is -0.117. The molecule has 1 amide bonds. The first-order valence-corrected chi connectivity index (χ1v) is 6.45. The first-order valence-electron chi connectivity index (χ1n) is 6.45. The number of hydrogen-bond donors (Lipinski definition) is 2. The summed E-state index contributed by atoms with van der Waals surface area (Å²) in [6.45, 7) is 5.70. The van der Waals surface area contributed by atoms with Crippen LogP contribution in [-0.4, -0.2) is 28.3 Å². The van der Waals surface area contributed by atoms with Crippen LogP contribution in [0.1, 0.15) is 25.3 Å². The Morgan fingerprint density at radius 3 is 3.17 bits per heavy atom. The van der Waals surface area contributed by atoms with Gasteiger partial charge in [0.05, 0.1) is 6.20 Å². The number of nitrogens with one attached hydrogen (secondary N) is 2. The number of nitrogens with zero attached hydrogens (tertiary/aromatic N) is 2. The molecule has 0 saturated heterocycles. The van der Waals surface area contributed by atoms with E-state index in [1.54, 1.807) is 6.20 Å². The van der Waals surface area contributed by atoms with Gasteiger partial charge >= 0.3 is 0 Å². The molecule has 1 aromatic rings. The molecule has 1 aromatic heterocycles. The fourth-order valence-electron chi connectivity index (χ4n) is 1.96. The summed E-state index contributed by atoms with van der Waals surface area (Å²) in [5.41, 5.74) is 1.00. The number of carbonyl (C=O) groups is 1. The van der Waals surface area contributed by atoms with E-state index in [9.17, 15) is 4.79 Å². The van der Waals surface area contributed by atoms with Crippen LogP contribution in [0.2, 0.25) is 0 Å². The second-order valence-corrected chi connectivity index (χ2v) is 4.56. The minimum Gasteiger partial charge on any atom is -0.309 e. The van der Waals surface area contributed by atoms with E-state index in [0.717, 1.165) is 37.3 Å². The zero-order valence-electron chi connectivity index (χ0n) is 10.9. The van der Waals surface area contributed by atoms with Gasteiger partial charge in [-0.2, -0.15) is 5.10 Å². The molecular formula is C13H20N4O. The van der Waals surface area contributed by atoms with Crippen molar-refractivity contribution in [3.05, 3.63) is 23.9 Å². The van der Waals surface area contributed by atoms with Crippen LogP contribution in [0.15, 0.2) is 18.3 Å². The molecule has 5 nitrogen and oxygen atoms in total. The van der Waals surface area contributed by atoms with E-state index >= 15 is 0 Å². The maximum absolute atomic E-state index is 12.0. The average molecular weight is 248 g/mol. The third-order valence-electron chi connectivity index (χ3n) is 3.05. The van der Waals surface area contributed by atoms with Gasteiger partial charge < -0.3 is 5.32 Å². The molecule has 0 spiro atoms. The Kier molecular flexibility index (Phi) is 4.15. The van der Waals surface area contributed by atoms with E-state index in [2.05, 4.69) is 22.7 Å². The standard InChI is InChI=1S/C13H20N4O/c1-3-4-8-17-12(10(2)9-15-17)16-13(18)11-6-5-7-14-11/h5-6,9,11,14H,3-4,7-8H2,1-2H3,(H,16,18). The number of amides is 1. The van der Waals surface area contributed by atoms with Gasteiger partial charge in [-0.1, -0.05) is 25.5 Å². The van der Waals surface area contributed by atoms with Crippen molar-refractivity contribution >= 4 is 11.7 Å². The molecule has 1 aliphatic rings. The minimum atomic E-state index is -0.223. The van der Waals surface area contributed by atoms with Crippen LogP contribution < -0.4 is 10.6 Å². The molecule has 1 aliphatic heterocycles. The number of carbonyl (C=O) groups excluding carboxylic acids is 1. The summed E-state index contributed by atoms with van der Waals surface area (Å²) < 4.78 is 1.87. The van der Waals surface area contributed by atoms with Crippen molar-refractivity contribution in [2.75, 3.05) is 11.9 Å². The van der Waals surface area contributed by atoms with Gasteiger partial charge in [-0.3, -0.25) is 10.1 Å². The second-order valence-electron chi connectivity index (χ2n) is 4.56. The highest BCUT2D eigenvalue weighted by atomic mass is 16.2. The summed E-state index contributed by atoms with van der Waals surface area (Å²) in [7, 11) is 0. The summed E-state index contributed by atoms with van der Waals surface area (Å²) in [5, 5.41) is 10.4. The number of aryl methyl sites for hydroxylation is 2. The van der Waals surface area contributed by atoms with Crippen LogP contribution in [0.5, 0.6) is 0 Å². The van der Waals surface area contributed by atoms with Gasteiger partial charge in [0.2, 0.25) is 5.91 Å². The Bertz CT molecular complexity index is 450. The Morgan fingerprint density at radius 1 is 1.67 bits per heavy atom. The molecule has 98 valence electrons. The lowest BCUT2D eigenvalue weighted by Gasteiger charge is -2.13. The van der Waals surface area contributed by atoms with Gasteiger partial charge in [-0.15, -0.1) is 0 Å². The molecule has 0 radical (unpaired) electrons. The van der Waals surface area contributed by atoms with Gasteiger partial charge in [0.1, 0.15) is 11.9 Å². The van der Waals surface area contributed by atoms with Crippen molar-refractivity contribution in [3.8, 4) is 0 Å². The predicted octanol–water partition coefficient (Wildman–Crippen LogP) is 1.46. The van der Waals surface area contributed by atoms with Gasteiger partial charge in [0.25, 0.3) is 0 Å². The molecule has 2 N–H and O–H groups in total. The highest BCUT2D eigenvalue weighted by Gasteiger charge is 2.19. The summed E-state index contributed by atoms with van der Waals surface area (Å²) in [6.07, 6.45) is 7.82. The zero-order chi connectivity index (χ0) is 13.0. The normalized spacial score (nSPS) is 18.2. The highest BCUT2D eigenvalue weighted by molar-refractivity contribution is 5.96. The molecule has 0 fully saturated rings. The predicted molar refractivity (Wildman–Crippen MR) is 71.4 cm³/mol. The van der Waals surface area contributed by atoms with Crippen LogP contribution in [0.4, 0.5) is 5.82 Å². The van der Waals surface area contributed by atoms with Gasteiger partial charge in [0, 0.05) is 18.7 Å². The number of hydrogen-bond acceptors (Lipinski definition) is 3. The molecule has 5 heteroatoms. The topological polar surface area (TPSA) is 59.0 Å². The highest BCUT2D eigenvalue weighted by Crippen LogP contribution is 2.15. The number of anilines is 1. The monoisotopic (exact) mass is 248 g/mol. The van der Waals surface area contributed by atoms with E-state index in [-0.39, 0.29) is 11.9 Å². The van der Waals surface area contributed by atoms with E-state index in [1.165, 1.54) is 0 Å². The van der Waals surface area contributed by atoms with Crippen LogP contribution in [-0.2, 0) is 11.3 Å². The lowest BCUT2D eigenvalue weighted by Crippen LogP contribution is -2.36. The van der Waals surface area contributed by atoms with E-state index in [0.29, 0.717) is 0 Å². The maximum atomic E-state index is 12.0. The quantitative estimate of drug-likeness (QED) is 0.776. The zero-order valence-corrected chi connectivity index (χ0v) is 10.9. The van der Waals surface area contributed by atoms with Gasteiger partial charge in [-0.25, -0.2) is 4.68 Å². The third-order valence-corrected chi connectivity index (χ3v) is 3.05. The van der Waals surface area contributed by atoms with Crippen molar-refractivity contribution < 1.29 is 4.79 Å². The molecule has 18 heavy (non-hydrogen) atoms. The third kappa shape index (κ3) is 2.79. The molecule has 0 bridgehead atoms. The van der Waals surface area contributed by atoms with Crippen molar-refractivity contribution in [1.29, 1.82) is 0 Å². The van der Waals surface area contributed by atoms with Crippen LogP contribution in [0, 0.1) is 6.92 Å². The Hall–Kier alpha value is -1.62. The largest absolute Gasteiger partial charge is 0.309 e. The molecule has 1 unspecified atom stereocenters. The lowest BCUT2D eigenvalue weighted by atomic mass is 10.3. The molecule has 2 heterocycles. The molecular weight excluding hydrogens is 228 g/mol. The Morgan fingerprint density at radius 2 is 2.50 bits per heavy atom. The van der Waals surface area contributed by atoms with Crippen molar-refractivity contribution in [2.24, 2.45) is 0 Å². The minimum absolute atomic E-state index is 0.0231. The van der Waals surface area contributed by atoms with Crippen LogP contribution >= 0.6 is 0 Å². The molecule has 0 aliphatic carbocycles. The summed E-state index contributed by atoms with van der Waals surface area (Å²) >= 11 is 0. The van der Waals surface area contributed by atoms with E-state index in [1.807, 2.05) is 23.8 Å². The number of unbranched alkanes of at least 4 members (excludes halogenated alkanes) is 1. The summed E-state index contributed by atoms with van der Waals surface area (Å²) in [4.78, 5) is 12.0. The average Bonchev–Trinajstić information content (AvgIpc) is 2.99.